The summed E-state index contributed by atoms with van der Waals surface area (Å²) in [6.07, 6.45) is 1.23. The van der Waals surface area contributed by atoms with Gasteiger partial charge in [-0.1, -0.05) is 79.7 Å². The molecule has 0 spiro atoms. The maximum Gasteiger partial charge on any atom is 0.266 e. The highest BCUT2D eigenvalue weighted by molar-refractivity contribution is 5.96. The number of hydrogen-bond acceptors (Lipinski definition) is 4. The summed E-state index contributed by atoms with van der Waals surface area (Å²) >= 11 is 0. The van der Waals surface area contributed by atoms with Crippen molar-refractivity contribution < 1.29 is 9.53 Å². The molecule has 4 aromatic carbocycles. The van der Waals surface area contributed by atoms with E-state index in [-0.39, 0.29) is 11.5 Å². The smallest absolute Gasteiger partial charge is 0.266 e. The first-order valence-corrected chi connectivity index (χ1v) is 13.6. The largest absolute Gasteiger partial charge is 0.495 e. The molecule has 1 amide bonds. The van der Waals surface area contributed by atoms with Crippen molar-refractivity contribution in [3.05, 3.63) is 136 Å². The van der Waals surface area contributed by atoms with Gasteiger partial charge >= 0.3 is 0 Å². The highest BCUT2D eigenvalue weighted by Crippen LogP contribution is 2.31. The molecule has 0 N–H and O–H groups in total. The molecule has 5 rings (SSSR count). The van der Waals surface area contributed by atoms with Crippen LogP contribution in [-0.2, 0) is 6.42 Å². The fourth-order valence-corrected chi connectivity index (χ4v) is 5.22. The van der Waals surface area contributed by atoms with Crippen molar-refractivity contribution in [2.75, 3.05) is 13.7 Å². The van der Waals surface area contributed by atoms with E-state index in [0.717, 1.165) is 11.1 Å². The number of amides is 1. The summed E-state index contributed by atoms with van der Waals surface area (Å²) in [4.78, 5) is 35.3. The highest BCUT2D eigenvalue weighted by Gasteiger charge is 2.30. The van der Waals surface area contributed by atoms with Crippen LogP contribution in [-0.4, -0.2) is 34.0 Å². The summed E-state index contributed by atoms with van der Waals surface area (Å²) in [6.45, 7) is 4.44. The number of aromatic nitrogens is 2. The Hall–Kier alpha value is -4.71. The fourth-order valence-electron chi connectivity index (χ4n) is 5.22. The molecule has 40 heavy (non-hydrogen) atoms. The van der Waals surface area contributed by atoms with Gasteiger partial charge in [0.05, 0.1) is 29.7 Å². The molecule has 0 saturated heterocycles. The van der Waals surface area contributed by atoms with Gasteiger partial charge in [-0.15, -0.1) is 0 Å². The molecule has 0 radical (unpaired) electrons. The quantitative estimate of drug-likeness (QED) is 0.217. The molecule has 6 heteroatoms. The molecule has 1 atom stereocenters. The average Bonchev–Trinajstić information content (AvgIpc) is 3.00. The number of rotatable bonds is 9. The first-order chi connectivity index (χ1) is 19.5. The second kappa shape index (κ2) is 12.0. The minimum absolute atomic E-state index is 0.0881. The molecule has 0 aliphatic heterocycles. The Morgan fingerprint density at radius 1 is 0.900 bits per heavy atom. The summed E-state index contributed by atoms with van der Waals surface area (Å²) in [7, 11) is 1.59. The molecule has 0 fully saturated rings. The number of carbonyl (C=O) groups excluding carboxylic acids is 1. The number of fused-ring (bicyclic) bond motifs is 1. The number of nitrogens with zero attached hydrogens (tertiary/aromatic N) is 3. The van der Waals surface area contributed by atoms with Crippen LogP contribution >= 0.6 is 0 Å². The molecule has 1 aromatic heterocycles. The number of benzene rings is 4. The number of carbonyl (C=O) groups is 1. The van der Waals surface area contributed by atoms with Gasteiger partial charge in [-0.05, 0) is 61.2 Å². The maximum absolute atomic E-state index is 14.3. The van der Waals surface area contributed by atoms with E-state index in [2.05, 4.69) is 12.1 Å². The van der Waals surface area contributed by atoms with E-state index >= 15 is 0 Å². The monoisotopic (exact) mass is 531 g/mol. The summed E-state index contributed by atoms with van der Waals surface area (Å²) < 4.78 is 7.29. The Labute approximate surface area is 234 Å². The van der Waals surface area contributed by atoms with Crippen molar-refractivity contribution in [1.29, 1.82) is 0 Å². The number of hydrogen-bond donors (Lipinski definition) is 0. The van der Waals surface area contributed by atoms with Gasteiger partial charge in [0.25, 0.3) is 11.5 Å². The van der Waals surface area contributed by atoms with Crippen molar-refractivity contribution in [3.63, 3.8) is 0 Å². The third-order valence-corrected chi connectivity index (χ3v) is 7.31. The minimum Gasteiger partial charge on any atom is -0.495 e. The Morgan fingerprint density at radius 2 is 1.57 bits per heavy atom. The van der Waals surface area contributed by atoms with E-state index in [0.29, 0.717) is 53.1 Å². The number of para-hydroxylation sites is 3. The zero-order valence-electron chi connectivity index (χ0n) is 23.1. The Bertz CT molecular complexity index is 1690. The van der Waals surface area contributed by atoms with Gasteiger partial charge in [-0.25, -0.2) is 4.98 Å². The predicted molar refractivity (Wildman–Crippen MR) is 159 cm³/mol. The molecule has 0 bridgehead atoms. The summed E-state index contributed by atoms with van der Waals surface area (Å²) in [5.74, 6) is 0.972. The molecule has 1 heterocycles. The lowest BCUT2D eigenvalue weighted by molar-refractivity contribution is 0.0661. The van der Waals surface area contributed by atoms with Crippen LogP contribution in [0.1, 0.15) is 46.7 Å². The lowest BCUT2D eigenvalue weighted by Crippen LogP contribution is -2.40. The average molecular weight is 532 g/mol. The second-order valence-electron chi connectivity index (χ2n) is 9.77. The van der Waals surface area contributed by atoms with Gasteiger partial charge < -0.3 is 9.64 Å². The van der Waals surface area contributed by atoms with Crippen molar-refractivity contribution >= 4 is 16.8 Å². The second-order valence-corrected chi connectivity index (χ2v) is 9.77. The van der Waals surface area contributed by atoms with Crippen LogP contribution < -0.4 is 10.3 Å². The minimum atomic E-state index is -0.474. The van der Waals surface area contributed by atoms with Crippen LogP contribution in [0.2, 0.25) is 0 Å². The van der Waals surface area contributed by atoms with Gasteiger partial charge in [-0.2, -0.15) is 0 Å². The van der Waals surface area contributed by atoms with Crippen LogP contribution in [0, 0.1) is 6.92 Å². The highest BCUT2D eigenvalue weighted by atomic mass is 16.5. The van der Waals surface area contributed by atoms with Gasteiger partial charge in [0, 0.05) is 12.1 Å². The summed E-state index contributed by atoms with van der Waals surface area (Å²) in [5.41, 5.74) is 3.66. The summed E-state index contributed by atoms with van der Waals surface area (Å²) in [5, 5.41) is 0.507. The first kappa shape index (κ1) is 26.9. The molecule has 0 aliphatic rings. The van der Waals surface area contributed by atoms with E-state index in [4.69, 9.17) is 9.72 Å². The zero-order valence-corrected chi connectivity index (χ0v) is 23.1. The van der Waals surface area contributed by atoms with Gasteiger partial charge in [0.15, 0.2) is 0 Å². The zero-order chi connectivity index (χ0) is 28.1. The lowest BCUT2D eigenvalue weighted by atomic mass is 10.0. The van der Waals surface area contributed by atoms with Crippen LogP contribution in [0.15, 0.2) is 108 Å². The third-order valence-electron chi connectivity index (χ3n) is 7.31. The summed E-state index contributed by atoms with van der Waals surface area (Å²) in [6, 6.07) is 32.0. The molecule has 1 unspecified atom stereocenters. The van der Waals surface area contributed by atoms with E-state index in [1.807, 2.05) is 104 Å². The van der Waals surface area contributed by atoms with Crippen molar-refractivity contribution in [1.82, 2.24) is 14.5 Å². The Morgan fingerprint density at radius 3 is 2.33 bits per heavy atom. The number of ether oxygens (including phenoxy) is 1. The van der Waals surface area contributed by atoms with Crippen LogP contribution in [0.3, 0.4) is 0 Å². The topological polar surface area (TPSA) is 64.4 Å². The predicted octanol–water partition coefficient (Wildman–Crippen LogP) is 6.54. The van der Waals surface area contributed by atoms with Crippen molar-refractivity contribution in [3.8, 4) is 11.4 Å². The first-order valence-electron chi connectivity index (χ1n) is 13.6. The van der Waals surface area contributed by atoms with Gasteiger partial charge in [0.1, 0.15) is 11.6 Å². The van der Waals surface area contributed by atoms with Crippen LogP contribution in [0.4, 0.5) is 0 Å². The fraction of sp³-hybridized carbons (Fsp3) is 0.206. The standard InChI is InChI=1S/C34H33N3O3/c1-4-29(36(23-22-25-15-6-5-7-16-25)33(38)26-17-9-8-14-24(26)2)32-35-28-19-11-10-18-27(28)34(39)37(32)30-20-12-13-21-31(30)40-3/h5-21,29H,4,22-23H2,1-3H3. The van der Waals surface area contributed by atoms with Crippen molar-refractivity contribution in [2.24, 2.45) is 0 Å². The molecule has 0 saturated carbocycles. The van der Waals surface area contributed by atoms with E-state index in [9.17, 15) is 9.59 Å². The molecular weight excluding hydrogens is 498 g/mol. The SMILES string of the molecule is CCC(c1nc2ccccc2c(=O)n1-c1ccccc1OC)N(CCc1ccccc1)C(=O)c1ccccc1C. The number of aryl methyl sites for hydroxylation is 1. The molecular formula is C34H33N3O3. The maximum atomic E-state index is 14.3. The van der Waals surface area contributed by atoms with Gasteiger partial charge in [-0.3, -0.25) is 14.2 Å². The van der Waals surface area contributed by atoms with Gasteiger partial charge in [0.2, 0.25) is 0 Å². The molecule has 202 valence electrons. The van der Waals surface area contributed by atoms with E-state index < -0.39 is 6.04 Å². The van der Waals surface area contributed by atoms with Crippen LogP contribution in [0.5, 0.6) is 5.75 Å². The molecule has 6 nitrogen and oxygen atoms in total. The van der Waals surface area contributed by atoms with Crippen molar-refractivity contribution in [2.45, 2.75) is 32.7 Å². The number of methoxy groups -OCH3 is 1. The third kappa shape index (κ3) is 5.25. The molecule has 0 aliphatic carbocycles. The van der Waals surface area contributed by atoms with E-state index in [1.165, 1.54) is 0 Å². The Kier molecular flexibility index (Phi) is 8.06. The lowest BCUT2D eigenvalue weighted by Gasteiger charge is -2.33. The van der Waals surface area contributed by atoms with Crippen LogP contribution in [0.25, 0.3) is 16.6 Å². The molecule has 5 aromatic rings. The van der Waals surface area contributed by atoms with E-state index in [1.54, 1.807) is 17.7 Å². The Balaban J connectivity index is 1.72. The normalized spacial score (nSPS) is 11.8.